The topological polar surface area (TPSA) is 3.24 Å². The second-order valence-electron chi connectivity index (χ2n) is 6.28. The number of halogens is 2. The van der Waals surface area contributed by atoms with Crippen LogP contribution >= 0.6 is 31.9 Å². The van der Waals surface area contributed by atoms with Gasteiger partial charge in [0.1, 0.15) is 0 Å². The monoisotopic (exact) mass is 463 g/mol. The molecule has 0 atom stereocenters. The van der Waals surface area contributed by atoms with Crippen LogP contribution in [0.25, 0.3) is 12.2 Å². The van der Waals surface area contributed by atoms with Crippen LogP contribution in [0, 0.1) is 0 Å². The Kier molecular flexibility index (Phi) is 8.77. The Bertz CT molecular complexity index is 669. The second kappa shape index (κ2) is 10.8. The number of nitrogens with zero attached hydrogens (tertiary/aromatic N) is 1. The van der Waals surface area contributed by atoms with Gasteiger partial charge in [0.05, 0.1) is 0 Å². The number of unbranched alkanes of at least 4 members (excludes halogenated alkanes) is 2. The highest BCUT2D eigenvalue weighted by molar-refractivity contribution is 9.11. The lowest BCUT2D eigenvalue weighted by molar-refractivity contribution is 0.678. The van der Waals surface area contributed by atoms with Crippen LogP contribution in [0.3, 0.4) is 0 Å². The van der Waals surface area contributed by atoms with Crippen molar-refractivity contribution in [1.82, 2.24) is 0 Å². The molecule has 0 spiro atoms. The van der Waals surface area contributed by atoms with E-state index in [0.29, 0.717) is 0 Å². The van der Waals surface area contributed by atoms with Crippen molar-refractivity contribution in [3.63, 3.8) is 0 Å². The Labute approximate surface area is 169 Å². The largest absolute Gasteiger partial charge is 0.372 e. The molecule has 0 aliphatic carbocycles. The standard InChI is InChI=1S/C22H27Br2N/c1-3-5-15-25(16-6-4-2)21-12-8-18(9-13-21)7-10-19-17-20(23)11-14-22(19)24/h7-14,17H,3-6,15-16H2,1-2H3/b10-7+. The van der Waals surface area contributed by atoms with Gasteiger partial charge < -0.3 is 4.90 Å². The second-order valence-corrected chi connectivity index (χ2v) is 8.05. The van der Waals surface area contributed by atoms with E-state index in [2.05, 4.69) is 99.2 Å². The van der Waals surface area contributed by atoms with Crippen molar-refractivity contribution in [2.75, 3.05) is 18.0 Å². The Morgan fingerprint density at radius 3 is 2.08 bits per heavy atom. The van der Waals surface area contributed by atoms with Gasteiger partial charge in [0.15, 0.2) is 0 Å². The first-order chi connectivity index (χ1) is 12.1. The predicted molar refractivity (Wildman–Crippen MR) is 119 cm³/mol. The van der Waals surface area contributed by atoms with Crippen LogP contribution in [0.4, 0.5) is 5.69 Å². The van der Waals surface area contributed by atoms with Crippen LogP contribution in [0.15, 0.2) is 51.4 Å². The summed E-state index contributed by atoms with van der Waals surface area (Å²) in [5, 5.41) is 0. The molecule has 2 rings (SSSR count). The molecule has 2 aromatic rings. The van der Waals surface area contributed by atoms with Crippen molar-refractivity contribution < 1.29 is 0 Å². The smallest absolute Gasteiger partial charge is 0.0366 e. The molecule has 0 unspecified atom stereocenters. The van der Waals surface area contributed by atoms with Gasteiger partial charge in [-0.2, -0.15) is 0 Å². The van der Waals surface area contributed by atoms with Crippen molar-refractivity contribution in [2.24, 2.45) is 0 Å². The third kappa shape index (κ3) is 6.63. The van der Waals surface area contributed by atoms with Crippen molar-refractivity contribution in [1.29, 1.82) is 0 Å². The fraction of sp³-hybridized carbons (Fsp3) is 0.364. The van der Waals surface area contributed by atoms with E-state index in [1.54, 1.807) is 0 Å². The fourth-order valence-corrected chi connectivity index (χ4v) is 3.45. The van der Waals surface area contributed by atoms with Crippen molar-refractivity contribution >= 4 is 49.7 Å². The van der Waals surface area contributed by atoms with E-state index in [1.165, 1.54) is 42.5 Å². The number of benzene rings is 2. The van der Waals surface area contributed by atoms with E-state index in [9.17, 15) is 0 Å². The average molecular weight is 465 g/mol. The highest BCUT2D eigenvalue weighted by atomic mass is 79.9. The zero-order valence-electron chi connectivity index (χ0n) is 15.1. The molecule has 25 heavy (non-hydrogen) atoms. The summed E-state index contributed by atoms with van der Waals surface area (Å²) in [6.45, 7) is 6.81. The Hall–Kier alpha value is -1.06. The lowest BCUT2D eigenvalue weighted by Gasteiger charge is -2.24. The minimum atomic E-state index is 1.09. The first-order valence-electron chi connectivity index (χ1n) is 9.12. The van der Waals surface area contributed by atoms with Gasteiger partial charge in [-0.15, -0.1) is 0 Å². The number of rotatable bonds is 9. The molecule has 3 heteroatoms. The lowest BCUT2D eigenvalue weighted by Crippen LogP contribution is -2.25. The van der Waals surface area contributed by atoms with Gasteiger partial charge in [-0.3, -0.25) is 0 Å². The maximum absolute atomic E-state index is 3.60. The van der Waals surface area contributed by atoms with E-state index < -0.39 is 0 Å². The van der Waals surface area contributed by atoms with Gasteiger partial charge in [0, 0.05) is 27.7 Å². The third-order valence-electron chi connectivity index (χ3n) is 4.23. The molecule has 0 amide bonds. The molecule has 0 bridgehead atoms. The number of hydrogen-bond donors (Lipinski definition) is 0. The Morgan fingerprint density at radius 2 is 1.48 bits per heavy atom. The van der Waals surface area contributed by atoms with Gasteiger partial charge in [-0.1, -0.05) is 82.8 Å². The van der Waals surface area contributed by atoms with Crippen molar-refractivity contribution in [2.45, 2.75) is 39.5 Å². The van der Waals surface area contributed by atoms with Crippen LogP contribution in [-0.2, 0) is 0 Å². The molecule has 134 valence electrons. The normalized spacial score (nSPS) is 11.2. The van der Waals surface area contributed by atoms with E-state index in [0.717, 1.165) is 22.0 Å². The van der Waals surface area contributed by atoms with Crippen LogP contribution in [0.2, 0.25) is 0 Å². The molecule has 0 N–H and O–H groups in total. The molecule has 2 aromatic carbocycles. The molecule has 0 fully saturated rings. The Morgan fingerprint density at radius 1 is 0.840 bits per heavy atom. The van der Waals surface area contributed by atoms with Crippen molar-refractivity contribution in [3.8, 4) is 0 Å². The quantitative estimate of drug-likeness (QED) is 0.342. The minimum absolute atomic E-state index is 1.09. The van der Waals surface area contributed by atoms with E-state index in [-0.39, 0.29) is 0 Å². The first kappa shape index (κ1) is 20.3. The van der Waals surface area contributed by atoms with Gasteiger partial charge in [0.25, 0.3) is 0 Å². The molecule has 0 heterocycles. The average Bonchev–Trinajstić information content (AvgIpc) is 2.63. The lowest BCUT2D eigenvalue weighted by atomic mass is 10.1. The van der Waals surface area contributed by atoms with Crippen molar-refractivity contribution in [3.05, 3.63) is 62.5 Å². The zero-order chi connectivity index (χ0) is 18.1. The predicted octanol–water partition coefficient (Wildman–Crippen LogP) is 7.79. The highest BCUT2D eigenvalue weighted by Gasteiger charge is 2.05. The molecule has 0 aromatic heterocycles. The summed E-state index contributed by atoms with van der Waals surface area (Å²) in [7, 11) is 0. The molecular weight excluding hydrogens is 438 g/mol. The molecule has 0 saturated heterocycles. The van der Waals surface area contributed by atoms with E-state index in [4.69, 9.17) is 0 Å². The molecule has 1 nitrogen and oxygen atoms in total. The summed E-state index contributed by atoms with van der Waals surface area (Å²) < 4.78 is 2.20. The van der Waals surface area contributed by atoms with Gasteiger partial charge in [-0.05, 0) is 54.3 Å². The fourth-order valence-electron chi connectivity index (χ4n) is 2.69. The molecule has 0 saturated carbocycles. The third-order valence-corrected chi connectivity index (χ3v) is 5.45. The van der Waals surface area contributed by atoms with Crippen LogP contribution in [0.1, 0.15) is 50.7 Å². The Balaban J connectivity index is 2.09. The summed E-state index contributed by atoms with van der Waals surface area (Å²) in [5.41, 5.74) is 3.73. The van der Waals surface area contributed by atoms with Gasteiger partial charge >= 0.3 is 0 Å². The maximum atomic E-state index is 3.60. The highest BCUT2D eigenvalue weighted by Crippen LogP contribution is 2.24. The summed E-state index contributed by atoms with van der Waals surface area (Å²) in [4.78, 5) is 2.52. The molecular formula is C22H27Br2N. The summed E-state index contributed by atoms with van der Waals surface area (Å²) in [6.07, 6.45) is 9.30. The number of hydrogen-bond acceptors (Lipinski definition) is 1. The van der Waals surface area contributed by atoms with Crippen LogP contribution in [-0.4, -0.2) is 13.1 Å². The van der Waals surface area contributed by atoms with E-state index >= 15 is 0 Å². The van der Waals surface area contributed by atoms with Gasteiger partial charge in [0.2, 0.25) is 0 Å². The molecule has 0 aliphatic heterocycles. The summed E-state index contributed by atoms with van der Waals surface area (Å²) in [6, 6.07) is 15.1. The minimum Gasteiger partial charge on any atom is -0.372 e. The molecule has 0 radical (unpaired) electrons. The summed E-state index contributed by atoms with van der Waals surface area (Å²) >= 11 is 7.13. The molecule has 0 aliphatic rings. The number of anilines is 1. The maximum Gasteiger partial charge on any atom is 0.0366 e. The van der Waals surface area contributed by atoms with Crippen LogP contribution in [0.5, 0.6) is 0 Å². The zero-order valence-corrected chi connectivity index (χ0v) is 18.3. The van der Waals surface area contributed by atoms with E-state index in [1.807, 2.05) is 6.07 Å². The summed E-state index contributed by atoms with van der Waals surface area (Å²) in [5.74, 6) is 0. The van der Waals surface area contributed by atoms with Crippen LogP contribution < -0.4 is 4.90 Å². The SMILES string of the molecule is CCCCN(CCCC)c1ccc(/C=C/c2cc(Br)ccc2Br)cc1. The first-order valence-corrected chi connectivity index (χ1v) is 10.7. The van der Waals surface area contributed by atoms with Gasteiger partial charge in [-0.25, -0.2) is 0 Å².